The SMILES string of the molecule is NC(N)=NCCC[C@H](N)C(=O)N1CCC[C@H]1C(=O)N1CCC[C@H]1C(=O)N1CCC[C@H]1C(=O)O. The molecule has 0 aliphatic carbocycles. The third-order valence-corrected chi connectivity index (χ3v) is 6.75. The number of hydrogen-bond donors (Lipinski definition) is 4. The van der Waals surface area contributed by atoms with Crippen LogP contribution in [0.5, 0.6) is 0 Å². The van der Waals surface area contributed by atoms with Gasteiger partial charge in [0.1, 0.15) is 18.1 Å². The highest BCUT2D eigenvalue weighted by molar-refractivity contribution is 5.95. The summed E-state index contributed by atoms with van der Waals surface area (Å²) in [5, 5.41) is 9.43. The Labute approximate surface area is 193 Å². The molecule has 0 unspecified atom stereocenters. The first-order valence-electron chi connectivity index (χ1n) is 11.7. The number of carbonyl (C=O) groups excluding carboxylic acids is 3. The molecule has 12 heteroatoms. The van der Waals surface area contributed by atoms with Crippen LogP contribution in [0.2, 0.25) is 0 Å². The van der Waals surface area contributed by atoms with Crippen molar-refractivity contribution in [2.24, 2.45) is 22.2 Å². The van der Waals surface area contributed by atoms with Crippen LogP contribution in [0.15, 0.2) is 4.99 Å². The lowest BCUT2D eigenvalue weighted by atomic mass is 10.1. The quantitative estimate of drug-likeness (QED) is 0.188. The van der Waals surface area contributed by atoms with Gasteiger partial charge in [0.05, 0.1) is 6.04 Å². The third kappa shape index (κ3) is 5.55. The van der Waals surface area contributed by atoms with E-state index in [1.165, 1.54) is 9.80 Å². The minimum Gasteiger partial charge on any atom is -0.480 e. The molecular weight excluding hydrogens is 430 g/mol. The van der Waals surface area contributed by atoms with Crippen LogP contribution in [-0.2, 0) is 19.2 Å². The summed E-state index contributed by atoms with van der Waals surface area (Å²) in [7, 11) is 0. The number of aliphatic carboxylic acids is 1. The molecule has 3 aliphatic rings. The first kappa shape index (κ1) is 24.7. The fourth-order valence-electron chi connectivity index (χ4n) is 5.10. The molecule has 3 amide bonds. The molecular formula is C21H35N7O5. The van der Waals surface area contributed by atoms with Crippen molar-refractivity contribution in [3.63, 3.8) is 0 Å². The molecule has 3 fully saturated rings. The van der Waals surface area contributed by atoms with Gasteiger partial charge in [-0.1, -0.05) is 0 Å². The van der Waals surface area contributed by atoms with E-state index in [9.17, 15) is 24.3 Å². The van der Waals surface area contributed by atoms with Crippen molar-refractivity contribution in [1.82, 2.24) is 14.7 Å². The van der Waals surface area contributed by atoms with Crippen LogP contribution in [0, 0.1) is 0 Å². The first-order chi connectivity index (χ1) is 15.7. The number of carboxylic acid groups (broad SMARTS) is 1. The highest BCUT2D eigenvalue weighted by Crippen LogP contribution is 2.28. The van der Waals surface area contributed by atoms with E-state index >= 15 is 0 Å². The van der Waals surface area contributed by atoms with Crippen molar-refractivity contribution in [2.75, 3.05) is 26.2 Å². The molecule has 0 saturated carbocycles. The molecule has 3 saturated heterocycles. The molecule has 4 atom stereocenters. The molecule has 184 valence electrons. The summed E-state index contributed by atoms with van der Waals surface area (Å²) in [6, 6.07) is -2.92. The summed E-state index contributed by atoms with van der Waals surface area (Å²) in [5.41, 5.74) is 16.7. The summed E-state index contributed by atoms with van der Waals surface area (Å²) >= 11 is 0. The van der Waals surface area contributed by atoms with Gasteiger partial charge < -0.3 is 37.0 Å². The number of nitrogens with zero attached hydrogens (tertiary/aromatic N) is 4. The molecule has 0 radical (unpaired) electrons. The van der Waals surface area contributed by atoms with E-state index in [-0.39, 0.29) is 23.7 Å². The monoisotopic (exact) mass is 465 g/mol. The van der Waals surface area contributed by atoms with Gasteiger partial charge in [-0.15, -0.1) is 0 Å². The average Bonchev–Trinajstić information content (AvgIpc) is 3.54. The summed E-state index contributed by atoms with van der Waals surface area (Å²) in [6.07, 6.45) is 4.36. The second-order valence-electron chi connectivity index (χ2n) is 8.96. The van der Waals surface area contributed by atoms with Crippen LogP contribution < -0.4 is 17.2 Å². The molecule has 3 rings (SSSR count). The van der Waals surface area contributed by atoms with Gasteiger partial charge in [-0.3, -0.25) is 19.4 Å². The summed E-state index contributed by atoms with van der Waals surface area (Å²) in [4.78, 5) is 59.4. The van der Waals surface area contributed by atoms with Crippen molar-refractivity contribution in [3.05, 3.63) is 0 Å². The number of guanidine groups is 1. The maximum atomic E-state index is 13.4. The van der Waals surface area contributed by atoms with Gasteiger partial charge >= 0.3 is 5.97 Å². The standard InChI is InChI=1S/C21H35N7O5/c22-13(5-1-9-25-21(23)24)17(29)26-10-2-6-14(26)18(30)27-11-3-7-15(27)19(31)28-12-4-8-16(28)20(32)33/h13-16H,1-12,22H2,(H,32,33)(H4,23,24,25)/t13-,14-,15-,16-/m0/s1. The number of hydrogen-bond acceptors (Lipinski definition) is 6. The van der Waals surface area contributed by atoms with E-state index in [1.807, 2.05) is 0 Å². The molecule has 0 aromatic carbocycles. The van der Waals surface area contributed by atoms with Gasteiger partial charge in [-0.05, 0) is 51.4 Å². The largest absolute Gasteiger partial charge is 0.480 e. The van der Waals surface area contributed by atoms with Crippen molar-refractivity contribution >= 4 is 29.7 Å². The van der Waals surface area contributed by atoms with E-state index in [0.717, 1.165) is 0 Å². The highest BCUT2D eigenvalue weighted by Gasteiger charge is 2.45. The van der Waals surface area contributed by atoms with E-state index in [0.29, 0.717) is 77.5 Å². The van der Waals surface area contributed by atoms with Crippen molar-refractivity contribution in [2.45, 2.75) is 75.5 Å². The molecule has 33 heavy (non-hydrogen) atoms. The number of nitrogens with two attached hydrogens (primary N) is 3. The van der Waals surface area contributed by atoms with Crippen LogP contribution in [0.3, 0.4) is 0 Å². The number of carbonyl (C=O) groups is 4. The summed E-state index contributed by atoms with van der Waals surface area (Å²) in [5.74, 6) is -1.88. The van der Waals surface area contributed by atoms with Crippen molar-refractivity contribution < 1.29 is 24.3 Å². The molecule has 0 aromatic heterocycles. The van der Waals surface area contributed by atoms with Gasteiger partial charge in [-0.2, -0.15) is 0 Å². The van der Waals surface area contributed by atoms with E-state index < -0.39 is 30.1 Å². The van der Waals surface area contributed by atoms with Gasteiger partial charge in [0.25, 0.3) is 0 Å². The maximum absolute atomic E-state index is 13.4. The van der Waals surface area contributed by atoms with Crippen LogP contribution in [0.4, 0.5) is 0 Å². The fraction of sp³-hybridized carbons (Fsp3) is 0.762. The van der Waals surface area contributed by atoms with Crippen LogP contribution >= 0.6 is 0 Å². The van der Waals surface area contributed by atoms with Crippen molar-refractivity contribution in [3.8, 4) is 0 Å². The highest BCUT2D eigenvalue weighted by atomic mass is 16.4. The molecule has 3 aliphatic heterocycles. The zero-order valence-corrected chi connectivity index (χ0v) is 18.9. The normalized spacial score (nSPS) is 25.8. The Bertz CT molecular complexity index is 800. The van der Waals surface area contributed by atoms with Gasteiger partial charge in [-0.25, -0.2) is 4.79 Å². The molecule has 0 bridgehead atoms. The zero-order chi connectivity index (χ0) is 24.1. The molecule has 3 heterocycles. The molecule has 7 N–H and O–H groups in total. The van der Waals surface area contributed by atoms with Gasteiger partial charge in [0.2, 0.25) is 17.7 Å². The minimum atomic E-state index is -1.02. The second kappa shape index (κ2) is 10.8. The Morgan fingerprint density at radius 3 is 1.88 bits per heavy atom. The molecule has 0 spiro atoms. The number of rotatable bonds is 8. The van der Waals surface area contributed by atoms with Crippen LogP contribution in [0.1, 0.15) is 51.4 Å². The first-order valence-corrected chi connectivity index (χ1v) is 11.7. The van der Waals surface area contributed by atoms with Gasteiger partial charge in [0, 0.05) is 26.2 Å². The van der Waals surface area contributed by atoms with Crippen LogP contribution in [-0.4, -0.2) is 99.8 Å². The Morgan fingerprint density at radius 2 is 1.33 bits per heavy atom. The molecule has 12 nitrogen and oxygen atoms in total. The lowest BCUT2D eigenvalue weighted by Gasteiger charge is -2.34. The van der Waals surface area contributed by atoms with Crippen LogP contribution in [0.25, 0.3) is 0 Å². The number of aliphatic imine (C=N–C) groups is 1. The van der Waals surface area contributed by atoms with Gasteiger partial charge in [0.15, 0.2) is 5.96 Å². The number of likely N-dealkylation sites (tertiary alicyclic amines) is 3. The Morgan fingerprint density at radius 1 is 0.848 bits per heavy atom. The lowest BCUT2D eigenvalue weighted by Crippen LogP contribution is -2.56. The minimum absolute atomic E-state index is 0.0154. The maximum Gasteiger partial charge on any atom is 0.326 e. The third-order valence-electron chi connectivity index (χ3n) is 6.75. The average molecular weight is 466 g/mol. The Hall–Kier alpha value is -2.89. The topological polar surface area (TPSA) is 189 Å². The van der Waals surface area contributed by atoms with E-state index in [2.05, 4.69) is 4.99 Å². The zero-order valence-electron chi connectivity index (χ0n) is 18.9. The summed E-state index contributed by atoms with van der Waals surface area (Å²) < 4.78 is 0. The summed E-state index contributed by atoms with van der Waals surface area (Å²) in [6.45, 7) is 1.62. The predicted octanol–water partition coefficient (Wildman–Crippen LogP) is -1.58. The number of amides is 3. The lowest BCUT2D eigenvalue weighted by molar-refractivity contribution is -0.153. The van der Waals surface area contributed by atoms with E-state index in [1.54, 1.807) is 4.90 Å². The Balaban J connectivity index is 1.63. The Kier molecular flexibility index (Phi) is 8.11. The van der Waals surface area contributed by atoms with E-state index in [4.69, 9.17) is 17.2 Å². The molecule has 0 aromatic rings. The fourth-order valence-corrected chi connectivity index (χ4v) is 5.10. The van der Waals surface area contributed by atoms with Crippen molar-refractivity contribution in [1.29, 1.82) is 0 Å². The second-order valence-corrected chi connectivity index (χ2v) is 8.96. The predicted molar refractivity (Wildman–Crippen MR) is 120 cm³/mol. The number of carboxylic acids is 1. The smallest absolute Gasteiger partial charge is 0.326 e.